The van der Waals surface area contributed by atoms with Crippen molar-refractivity contribution in [3.63, 3.8) is 0 Å². The van der Waals surface area contributed by atoms with Crippen LogP contribution in [0.15, 0.2) is 158 Å². The minimum atomic E-state index is -1.30. The normalized spacial score (nSPS) is 12.5. The fraction of sp³-hybridized carbons (Fsp3) is 0.241. The molecule has 0 amide bonds. The van der Waals surface area contributed by atoms with Gasteiger partial charge < -0.3 is 23.8 Å². The van der Waals surface area contributed by atoms with Gasteiger partial charge >= 0.3 is 11.9 Å². The number of hydrogen-bond acceptors (Lipinski definition) is 7. The quantitative estimate of drug-likeness (QED) is 0.0612. The number of aryl methyl sites for hydroxylation is 4. The minimum Gasteiger partial charge on any atom is -0.497 e. The van der Waals surface area contributed by atoms with Crippen LogP contribution in [0.2, 0.25) is 0 Å². The highest BCUT2D eigenvalue weighted by Crippen LogP contribution is 2.43. The number of carbonyl (C=O) groups excluding carboxylic acids is 2. The molecular formula is C58H59NO6. The van der Waals surface area contributed by atoms with E-state index in [0.29, 0.717) is 17.2 Å². The second-order valence-corrected chi connectivity index (χ2v) is 18.1. The summed E-state index contributed by atoms with van der Waals surface area (Å²) in [6.45, 7) is 19.5. The summed E-state index contributed by atoms with van der Waals surface area (Å²) < 4.78 is 23.3. The van der Waals surface area contributed by atoms with Gasteiger partial charge in [-0.05, 0) is 160 Å². The zero-order valence-corrected chi connectivity index (χ0v) is 39.4. The highest BCUT2D eigenvalue weighted by atomic mass is 16.6. The van der Waals surface area contributed by atoms with Gasteiger partial charge in [-0.25, -0.2) is 4.79 Å². The summed E-state index contributed by atoms with van der Waals surface area (Å²) in [7, 11) is 1.67. The lowest BCUT2D eigenvalue weighted by Crippen LogP contribution is -2.41. The van der Waals surface area contributed by atoms with Crippen LogP contribution in [0.3, 0.4) is 0 Å². The van der Waals surface area contributed by atoms with E-state index in [1.54, 1.807) is 21.0 Å². The van der Waals surface area contributed by atoms with Crippen LogP contribution >= 0.6 is 0 Å². The summed E-state index contributed by atoms with van der Waals surface area (Å²) in [4.78, 5) is 27.6. The Morgan fingerprint density at radius 3 is 1.26 bits per heavy atom. The van der Waals surface area contributed by atoms with Crippen LogP contribution in [0, 0.1) is 27.7 Å². The summed E-state index contributed by atoms with van der Waals surface area (Å²) in [5.41, 5.74) is 10.5. The topological polar surface area (TPSA) is 74.3 Å². The molecule has 0 aliphatic rings. The molecule has 0 fully saturated rings. The highest BCUT2D eigenvalue weighted by Gasteiger charge is 2.35. The number of ether oxygens (including phenoxy) is 4. The predicted octanol–water partition coefficient (Wildman–Crippen LogP) is 13.8. The first-order chi connectivity index (χ1) is 30.9. The minimum absolute atomic E-state index is 0.349. The molecule has 1 unspecified atom stereocenters. The largest absolute Gasteiger partial charge is 0.497 e. The second-order valence-electron chi connectivity index (χ2n) is 18.1. The van der Waals surface area contributed by atoms with Crippen molar-refractivity contribution < 1.29 is 28.5 Å². The number of hydrogen-bond donors (Lipinski definition) is 0. The third-order valence-electron chi connectivity index (χ3n) is 12.5. The van der Waals surface area contributed by atoms with Crippen molar-refractivity contribution in [1.29, 1.82) is 0 Å². The number of rotatable bonds is 14. The molecule has 7 nitrogen and oxygen atoms in total. The lowest BCUT2D eigenvalue weighted by molar-refractivity contribution is -0.149. The van der Waals surface area contributed by atoms with Crippen LogP contribution < -0.4 is 23.8 Å². The van der Waals surface area contributed by atoms with Crippen LogP contribution in [-0.4, -0.2) is 24.6 Å². The maximum atomic E-state index is 13.8. The van der Waals surface area contributed by atoms with Crippen LogP contribution in [0.1, 0.15) is 91.6 Å². The summed E-state index contributed by atoms with van der Waals surface area (Å²) >= 11 is 0. The first kappa shape index (κ1) is 45.9. The molecule has 0 aliphatic carbocycles. The molecule has 0 aliphatic heterocycles. The molecule has 0 spiro atoms. The maximum Gasteiger partial charge on any atom is 0.355 e. The molecular weight excluding hydrogens is 807 g/mol. The van der Waals surface area contributed by atoms with Gasteiger partial charge in [-0.2, -0.15) is 0 Å². The molecule has 0 bridgehead atoms. The molecule has 332 valence electrons. The van der Waals surface area contributed by atoms with Crippen molar-refractivity contribution in [2.45, 2.75) is 85.7 Å². The molecule has 1 atom stereocenters. The van der Waals surface area contributed by atoms with Gasteiger partial charge in [0, 0.05) is 34.8 Å². The Hall–Kier alpha value is -7.12. The molecule has 0 radical (unpaired) electrons. The molecule has 0 heterocycles. The zero-order valence-electron chi connectivity index (χ0n) is 39.4. The van der Waals surface area contributed by atoms with E-state index in [1.807, 2.05) is 80.6 Å². The van der Waals surface area contributed by atoms with Gasteiger partial charge in [-0.3, -0.25) is 4.79 Å². The third kappa shape index (κ3) is 9.85. The van der Waals surface area contributed by atoms with Crippen molar-refractivity contribution in [2.24, 2.45) is 0 Å². The third-order valence-corrected chi connectivity index (χ3v) is 12.5. The highest BCUT2D eigenvalue weighted by molar-refractivity contribution is 5.81. The van der Waals surface area contributed by atoms with Crippen molar-refractivity contribution >= 4 is 29.0 Å². The smallest absolute Gasteiger partial charge is 0.355 e. The van der Waals surface area contributed by atoms with Crippen LogP contribution in [0.25, 0.3) is 0 Å². The second kappa shape index (κ2) is 18.5. The van der Waals surface area contributed by atoms with Crippen LogP contribution in [-0.2, 0) is 20.4 Å². The fourth-order valence-corrected chi connectivity index (χ4v) is 8.23. The lowest BCUT2D eigenvalue weighted by atomic mass is 9.71. The number of anilines is 3. The molecule has 7 heteroatoms. The molecule has 0 saturated heterocycles. The predicted molar refractivity (Wildman–Crippen MR) is 262 cm³/mol. The van der Waals surface area contributed by atoms with Crippen molar-refractivity contribution in [3.05, 3.63) is 208 Å². The van der Waals surface area contributed by atoms with E-state index in [-0.39, 0.29) is 11.4 Å². The van der Waals surface area contributed by atoms with Gasteiger partial charge in [-0.15, -0.1) is 0 Å². The number of nitrogens with zero attached hydrogens (tertiary/aromatic N) is 1. The SMILES string of the molecule is COc1ccc(C(C)(c2ccc(OC(=O)C(C)(C)Oc3ccc(C(C)(C)c4ccc(OC(C)=O)c(C)c4)cc3C)cc2)c2ccc(N(c3ccc(C)cc3)c3ccc(C)cc3)cc2)cc1. The van der Waals surface area contributed by atoms with Gasteiger partial charge in [0.1, 0.15) is 23.0 Å². The molecule has 0 aromatic heterocycles. The van der Waals surface area contributed by atoms with E-state index in [2.05, 4.69) is 131 Å². The van der Waals surface area contributed by atoms with Gasteiger partial charge in [0.05, 0.1) is 7.11 Å². The zero-order chi connectivity index (χ0) is 46.7. The van der Waals surface area contributed by atoms with Crippen LogP contribution in [0.4, 0.5) is 17.1 Å². The molecule has 7 aromatic carbocycles. The average Bonchev–Trinajstić information content (AvgIpc) is 3.29. The Labute approximate surface area is 384 Å². The summed E-state index contributed by atoms with van der Waals surface area (Å²) in [5.74, 6) is 1.47. The first-order valence-electron chi connectivity index (χ1n) is 22.0. The van der Waals surface area contributed by atoms with Gasteiger partial charge in [0.25, 0.3) is 0 Å². The van der Waals surface area contributed by atoms with E-state index in [9.17, 15) is 9.59 Å². The Balaban J connectivity index is 1.12. The van der Waals surface area contributed by atoms with Gasteiger partial charge in [0.15, 0.2) is 0 Å². The standard InChI is InChI=1S/C58H59NO6/c1-38-12-24-48(25-13-38)59(49-26-14-39(2)15-27-49)50-28-16-43(17-29-50)58(10,44-18-30-51(62-11)31-19-44)45-20-32-52(33-21-45)64-55(61)57(8,9)65-54-35-23-47(37-41(54)4)56(6,7)46-22-34-53(40(3)36-46)63-42(5)60/h12-37H,1-11H3. The van der Waals surface area contributed by atoms with E-state index < -0.39 is 17.0 Å². The number of methoxy groups -OCH3 is 1. The summed E-state index contributed by atoms with van der Waals surface area (Å²) in [6.07, 6.45) is 0. The Morgan fingerprint density at radius 2 is 0.846 bits per heavy atom. The maximum absolute atomic E-state index is 13.8. The number of benzene rings is 7. The van der Waals surface area contributed by atoms with E-state index >= 15 is 0 Å². The molecule has 0 N–H and O–H groups in total. The molecule has 65 heavy (non-hydrogen) atoms. The monoisotopic (exact) mass is 865 g/mol. The molecule has 0 saturated carbocycles. The lowest BCUT2D eigenvalue weighted by Gasteiger charge is -2.33. The van der Waals surface area contributed by atoms with E-state index in [1.165, 1.54) is 18.1 Å². The van der Waals surface area contributed by atoms with Crippen molar-refractivity contribution in [2.75, 3.05) is 12.0 Å². The van der Waals surface area contributed by atoms with Gasteiger partial charge in [0.2, 0.25) is 5.60 Å². The number of carbonyl (C=O) groups is 2. The molecule has 7 aromatic rings. The molecule has 7 rings (SSSR count). The van der Waals surface area contributed by atoms with Crippen LogP contribution in [0.5, 0.6) is 23.0 Å². The Morgan fingerprint density at radius 1 is 0.462 bits per heavy atom. The van der Waals surface area contributed by atoms with Crippen molar-refractivity contribution in [3.8, 4) is 23.0 Å². The van der Waals surface area contributed by atoms with Gasteiger partial charge in [-0.1, -0.05) is 110 Å². The van der Waals surface area contributed by atoms with E-state index in [0.717, 1.165) is 61.8 Å². The Bertz CT molecular complexity index is 2740. The van der Waals surface area contributed by atoms with Crippen molar-refractivity contribution in [1.82, 2.24) is 0 Å². The first-order valence-corrected chi connectivity index (χ1v) is 22.0. The Kier molecular flexibility index (Phi) is 13.1. The number of esters is 2. The fourth-order valence-electron chi connectivity index (χ4n) is 8.23. The average molecular weight is 866 g/mol. The summed E-state index contributed by atoms with van der Waals surface area (Å²) in [5, 5.41) is 0. The van der Waals surface area contributed by atoms with E-state index in [4.69, 9.17) is 18.9 Å². The summed E-state index contributed by atoms with van der Waals surface area (Å²) in [6, 6.07) is 53.8.